The molecule has 0 aliphatic carbocycles. The summed E-state index contributed by atoms with van der Waals surface area (Å²) in [6.07, 6.45) is 4.33. The summed E-state index contributed by atoms with van der Waals surface area (Å²) in [5.41, 5.74) is 4.35. The van der Waals surface area contributed by atoms with Crippen molar-refractivity contribution in [1.82, 2.24) is 9.91 Å². The Bertz CT molecular complexity index is 885. The molecule has 0 radical (unpaired) electrons. The van der Waals surface area contributed by atoms with Crippen molar-refractivity contribution in [3.05, 3.63) is 65.2 Å². The van der Waals surface area contributed by atoms with Crippen molar-refractivity contribution in [3.63, 3.8) is 0 Å². The molecule has 0 unspecified atom stereocenters. The monoisotopic (exact) mass is 391 g/mol. The first-order valence-electron chi connectivity index (χ1n) is 10.5. The molecule has 1 atom stereocenters. The van der Waals surface area contributed by atoms with Crippen molar-refractivity contribution in [3.8, 4) is 5.75 Å². The van der Waals surface area contributed by atoms with Crippen LogP contribution in [0.2, 0.25) is 0 Å². The molecular weight excluding hydrogens is 362 g/mol. The van der Waals surface area contributed by atoms with Gasteiger partial charge >= 0.3 is 0 Å². The van der Waals surface area contributed by atoms with E-state index < -0.39 is 0 Å². The molecule has 1 fully saturated rings. The Balaban J connectivity index is 1.60. The van der Waals surface area contributed by atoms with E-state index in [9.17, 15) is 4.79 Å². The van der Waals surface area contributed by atoms with Crippen molar-refractivity contribution in [1.29, 1.82) is 0 Å². The third kappa shape index (κ3) is 4.51. The topological polar surface area (TPSA) is 45.1 Å². The van der Waals surface area contributed by atoms with E-state index in [1.54, 1.807) is 12.1 Å². The standard InChI is InChI=1S/C24H29N3O2/c1-18-7-6-8-20(15-18)22-16-23(19-9-11-21(29-2)12-10-19)27(25-22)24(28)17-26-13-4-3-5-14-26/h6-12,15,23H,3-5,13-14,16-17H2,1-2H3/t23-/m1/s1. The van der Waals surface area contributed by atoms with Gasteiger partial charge in [0.15, 0.2) is 0 Å². The number of ether oxygens (including phenoxy) is 1. The molecule has 1 amide bonds. The molecule has 2 aliphatic rings. The minimum atomic E-state index is -0.0753. The summed E-state index contributed by atoms with van der Waals surface area (Å²) >= 11 is 0. The van der Waals surface area contributed by atoms with Gasteiger partial charge in [-0.3, -0.25) is 9.69 Å². The lowest BCUT2D eigenvalue weighted by molar-refractivity contribution is -0.134. The Kier molecular flexibility index (Phi) is 5.95. The fraction of sp³-hybridized carbons (Fsp3) is 0.417. The number of nitrogens with zero attached hydrogens (tertiary/aromatic N) is 3. The van der Waals surface area contributed by atoms with E-state index in [-0.39, 0.29) is 11.9 Å². The lowest BCUT2D eigenvalue weighted by atomic mass is 9.97. The maximum atomic E-state index is 13.2. The maximum absolute atomic E-state index is 13.2. The van der Waals surface area contributed by atoms with Crippen molar-refractivity contribution in [2.75, 3.05) is 26.7 Å². The Hall–Kier alpha value is -2.66. The number of amides is 1. The first kappa shape index (κ1) is 19.6. The largest absolute Gasteiger partial charge is 0.497 e. The number of likely N-dealkylation sites (tertiary alicyclic amines) is 1. The van der Waals surface area contributed by atoms with Crippen LogP contribution in [-0.4, -0.2) is 48.3 Å². The predicted octanol–water partition coefficient (Wildman–Crippen LogP) is 4.17. The molecule has 1 saturated heterocycles. The number of benzene rings is 2. The summed E-state index contributed by atoms with van der Waals surface area (Å²) < 4.78 is 5.29. The highest BCUT2D eigenvalue weighted by Gasteiger charge is 2.33. The molecule has 0 spiro atoms. The first-order chi connectivity index (χ1) is 14.1. The highest BCUT2D eigenvalue weighted by molar-refractivity contribution is 6.03. The second-order valence-corrected chi connectivity index (χ2v) is 7.98. The van der Waals surface area contributed by atoms with E-state index in [2.05, 4.69) is 30.0 Å². The molecule has 2 aromatic carbocycles. The minimum absolute atomic E-state index is 0.0753. The lowest BCUT2D eigenvalue weighted by Crippen LogP contribution is -2.40. The molecule has 0 saturated carbocycles. The third-order valence-electron chi connectivity index (χ3n) is 5.83. The van der Waals surface area contributed by atoms with Gasteiger partial charge in [-0.2, -0.15) is 5.10 Å². The lowest BCUT2D eigenvalue weighted by Gasteiger charge is -2.29. The van der Waals surface area contributed by atoms with Crippen molar-refractivity contribution < 1.29 is 9.53 Å². The summed E-state index contributed by atoms with van der Waals surface area (Å²) in [5, 5.41) is 6.52. The molecule has 4 rings (SSSR count). The molecule has 152 valence electrons. The Labute approximate surface area is 173 Å². The molecule has 0 N–H and O–H groups in total. The Morgan fingerprint density at radius 3 is 2.55 bits per heavy atom. The number of hydrogen-bond acceptors (Lipinski definition) is 4. The number of hydrazone groups is 1. The molecule has 0 bridgehead atoms. The van der Waals surface area contributed by atoms with Gasteiger partial charge in [0.1, 0.15) is 5.75 Å². The van der Waals surface area contributed by atoms with Gasteiger partial charge in [0.2, 0.25) is 0 Å². The SMILES string of the molecule is COc1ccc([C@H]2CC(c3cccc(C)c3)=NN2C(=O)CN2CCCCC2)cc1. The van der Waals surface area contributed by atoms with Crippen LogP contribution in [-0.2, 0) is 4.79 Å². The Morgan fingerprint density at radius 1 is 1.10 bits per heavy atom. The number of piperidine rings is 1. The molecule has 2 heterocycles. The highest BCUT2D eigenvalue weighted by atomic mass is 16.5. The highest BCUT2D eigenvalue weighted by Crippen LogP contribution is 2.34. The van der Waals surface area contributed by atoms with Gasteiger partial charge in [0, 0.05) is 6.42 Å². The molecular formula is C24H29N3O2. The third-order valence-corrected chi connectivity index (χ3v) is 5.83. The second kappa shape index (κ2) is 8.78. The summed E-state index contributed by atoms with van der Waals surface area (Å²) in [6.45, 7) is 4.53. The number of carbonyl (C=O) groups excluding carboxylic acids is 1. The number of carbonyl (C=O) groups is 1. The van der Waals surface area contributed by atoms with Crippen LogP contribution in [0.5, 0.6) is 5.75 Å². The first-order valence-corrected chi connectivity index (χ1v) is 10.5. The van der Waals surface area contributed by atoms with E-state index in [1.807, 2.05) is 30.3 Å². The molecule has 5 heteroatoms. The zero-order valence-corrected chi connectivity index (χ0v) is 17.3. The average Bonchev–Trinajstić information content (AvgIpc) is 3.20. The quantitative estimate of drug-likeness (QED) is 0.769. The predicted molar refractivity (Wildman–Crippen MR) is 115 cm³/mol. The summed E-state index contributed by atoms with van der Waals surface area (Å²) in [4.78, 5) is 15.5. The zero-order chi connectivity index (χ0) is 20.2. The molecule has 2 aromatic rings. The van der Waals surface area contributed by atoms with Gasteiger partial charge < -0.3 is 4.74 Å². The van der Waals surface area contributed by atoms with E-state index >= 15 is 0 Å². The van der Waals surface area contributed by atoms with Crippen LogP contribution < -0.4 is 4.74 Å². The van der Waals surface area contributed by atoms with Gasteiger partial charge in [-0.25, -0.2) is 5.01 Å². The van der Waals surface area contributed by atoms with Gasteiger partial charge in [-0.05, 0) is 56.1 Å². The van der Waals surface area contributed by atoms with E-state index in [1.165, 1.54) is 24.8 Å². The summed E-state index contributed by atoms with van der Waals surface area (Å²) in [6, 6.07) is 16.3. The maximum Gasteiger partial charge on any atom is 0.257 e. The van der Waals surface area contributed by atoms with Crippen LogP contribution in [0.25, 0.3) is 0 Å². The number of rotatable bonds is 5. The summed E-state index contributed by atoms with van der Waals surface area (Å²) in [5.74, 6) is 0.896. The number of hydrogen-bond donors (Lipinski definition) is 0. The van der Waals surface area contributed by atoms with Crippen molar-refractivity contribution in [2.45, 2.75) is 38.6 Å². The smallest absolute Gasteiger partial charge is 0.257 e. The van der Waals surface area contributed by atoms with Crippen molar-refractivity contribution >= 4 is 11.6 Å². The van der Waals surface area contributed by atoms with E-state index in [0.29, 0.717) is 6.54 Å². The van der Waals surface area contributed by atoms with Crippen LogP contribution in [0.3, 0.4) is 0 Å². The Morgan fingerprint density at radius 2 is 1.86 bits per heavy atom. The second-order valence-electron chi connectivity index (χ2n) is 7.98. The fourth-order valence-electron chi connectivity index (χ4n) is 4.21. The average molecular weight is 392 g/mol. The van der Waals surface area contributed by atoms with Gasteiger partial charge in [-0.1, -0.05) is 48.4 Å². The zero-order valence-electron chi connectivity index (χ0n) is 17.3. The fourth-order valence-corrected chi connectivity index (χ4v) is 4.21. The van der Waals surface area contributed by atoms with Gasteiger partial charge in [0.25, 0.3) is 5.91 Å². The van der Waals surface area contributed by atoms with Gasteiger partial charge in [-0.15, -0.1) is 0 Å². The molecule has 0 aromatic heterocycles. The van der Waals surface area contributed by atoms with Crippen LogP contribution in [0, 0.1) is 6.92 Å². The van der Waals surface area contributed by atoms with Crippen molar-refractivity contribution in [2.24, 2.45) is 5.10 Å². The number of aryl methyl sites for hydroxylation is 1. The van der Waals surface area contributed by atoms with Gasteiger partial charge in [0.05, 0.1) is 25.4 Å². The molecule has 29 heavy (non-hydrogen) atoms. The van der Waals surface area contributed by atoms with Crippen LogP contribution in [0.15, 0.2) is 53.6 Å². The molecule has 5 nitrogen and oxygen atoms in total. The minimum Gasteiger partial charge on any atom is -0.497 e. The normalized spacial score (nSPS) is 19.9. The van der Waals surface area contributed by atoms with Crippen LogP contribution >= 0.6 is 0 Å². The van der Waals surface area contributed by atoms with E-state index in [0.717, 1.165) is 42.1 Å². The van der Waals surface area contributed by atoms with E-state index in [4.69, 9.17) is 9.84 Å². The van der Waals surface area contributed by atoms with Crippen LogP contribution in [0.1, 0.15) is 48.4 Å². The number of methoxy groups -OCH3 is 1. The molecule has 2 aliphatic heterocycles. The summed E-state index contributed by atoms with van der Waals surface area (Å²) in [7, 11) is 1.66. The van der Waals surface area contributed by atoms with Crippen LogP contribution in [0.4, 0.5) is 0 Å².